The van der Waals surface area contributed by atoms with E-state index in [2.05, 4.69) is 36.9 Å². The molecule has 0 fully saturated rings. The van der Waals surface area contributed by atoms with Crippen LogP contribution in [-0.2, 0) is 5.41 Å². The second-order valence-corrected chi connectivity index (χ2v) is 6.00. The van der Waals surface area contributed by atoms with Crippen LogP contribution in [0.3, 0.4) is 0 Å². The number of anilines is 1. The first-order valence-corrected chi connectivity index (χ1v) is 6.53. The van der Waals surface area contributed by atoms with Crippen LogP contribution in [0.25, 0.3) is 5.52 Å². The number of aliphatic hydroxyl groups excluding tert-OH is 1. The molecule has 0 saturated heterocycles. The Morgan fingerprint density at radius 3 is 2.68 bits per heavy atom. The molecule has 5 nitrogen and oxygen atoms in total. The van der Waals surface area contributed by atoms with Crippen molar-refractivity contribution in [3.63, 3.8) is 0 Å². The van der Waals surface area contributed by atoms with Gasteiger partial charge in [0, 0.05) is 24.9 Å². The molecular formula is C14H22N4O. The fourth-order valence-corrected chi connectivity index (χ4v) is 1.88. The van der Waals surface area contributed by atoms with E-state index in [-0.39, 0.29) is 18.1 Å². The largest absolute Gasteiger partial charge is 0.394 e. The third-order valence-electron chi connectivity index (χ3n) is 3.40. The topological polar surface area (TPSA) is 53.7 Å². The first-order valence-electron chi connectivity index (χ1n) is 6.53. The molecule has 0 aliphatic rings. The van der Waals surface area contributed by atoms with E-state index in [1.807, 2.05) is 29.6 Å². The molecule has 1 atom stereocenters. The SMILES string of the molecule is CC(CO)N(C)c1nccn2nc(C(C)(C)C)cc12. The molecule has 0 amide bonds. The van der Waals surface area contributed by atoms with Gasteiger partial charge in [-0.15, -0.1) is 0 Å². The Morgan fingerprint density at radius 2 is 2.11 bits per heavy atom. The Balaban J connectivity index is 2.54. The summed E-state index contributed by atoms with van der Waals surface area (Å²) in [5.41, 5.74) is 2.01. The van der Waals surface area contributed by atoms with Crippen LogP contribution in [0.15, 0.2) is 18.5 Å². The molecule has 19 heavy (non-hydrogen) atoms. The minimum Gasteiger partial charge on any atom is -0.394 e. The Bertz CT molecular complexity index is 570. The standard InChI is InChI=1S/C14H22N4O/c1-10(9-19)17(5)13-11-8-12(14(2,3)4)16-18(11)7-6-15-13/h6-8,10,19H,9H2,1-5H3. The molecule has 0 radical (unpaired) electrons. The first kappa shape index (κ1) is 13.8. The van der Waals surface area contributed by atoms with Gasteiger partial charge in [-0.1, -0.05) is 20.8 Å². The van der Waals surface area contributed by atoms with E-state index in [0.717, 1.165) is 17.0 Å². The lowest BCUT2D eigenvalue weighted by molar-refractivity contribution is 0.270. The number of rotatable bonds is 3. The van der Waals surface area contributed by atoms with Gasteiger partial charge in [-0.05, 0) is 13.0 Å². The maximum atomic E-state index is 9.28. The van der Waals surface area contributed by atoms with Crippen molar-refractivity contribution in [3.8, 4) is 0 Å². The van der Waals surface area contributed by atoms with E-state index in [1.54, 1.807) is 6.20 Å². The quantitative estimate of drug-likeness (QED) is 0.917. The average Bonchev–Trinajstić information content (AvgIpc) is 2.80. The highest BCUT2D eigenvalue weighted by atomic mass is 16.3. The van der Waals surface area contributed by atoms with E-state index in [1.165, 1.54) is 0 Å². The summed E-state index contributed by atoms with van der Waals surface area (Å²) in [6.07, 6.45) is 3.59. The van der Waals surface area contributed by atoms with E-state index in [0.29, 0.717) is 0 Å². The number of aromatic nitrogens is 3. The number of hydrogen-bond donors (Lipinski definition) is 1. The van der Waals surface area contributed by atoms with Crippen molar-refractivity contribution in [2.45, 2.75) is 39.2 Å². The lowest BCUT2D eigenvalue weighted by Crippen LogP contribution is -2.32. The van der Waals surface area contributed by atoms with Gasteiger partial charge < -0.3 is 10.0 Å². The van der Waals surface area contributed by atoms with Crippen LogP contribution in [0.5, 0.6) is 0 Å². The third kappa shape index (κ3) is 2.56. The molecule has 0 saturated carbocycles. The summed E-state index contributed by atoms with van der Waals surface area (Å²) in [7, 11) is 1.94. The predicted molar refractivity (Wildman–Crippen MR) is 76.6 cm³/mol. The fourth-order valence-electron chi connectivity index (χ4n) is 1.88. The average molecular weight is 262 g/mol. The van der Waals surface area contributed by atoms with Gasteiger partial charge in [-0.2, -0.15) is 5.10 Å². The Morgan fingerprint density at radius 1 is 1.42 bits per heavy atom. The van der Waals surface area contributed by atoms with Crippen LogP contribution in [0.1, 0.15) is 33.4 Å². The normalized spacial score (nSPS) is 13.8. The maximum Gasteiger partial charge on any atom is 0.154 e. The van der Waals surface area contributed by atoms with E-state index < -0.39 is 0 Å². The molecule has 0 spiro atoms. The van der Waals surface area contributed by atoms with E-state index in [4.69, 9.17) is 0 Å². The van der Waals surface area contributed by atoms with Gasteiger partial charge in [-0.3, -0.25) is 0 Å². The fraction of sp³-hybridized carbons (Fsp3) is 0.571. The van der Waals surface area contributed by atoms with Gasteiger partial charge in [0.05, 0.1) is 18.3 Å². The summed E-state index contributed by atoms with van der Waals surface area (Å²) in [6, 6.07) is 2.09. The Hall–Kier alpha value is -1.62. The van der Waals surface area contributed by atoms with Gasteiger partial charge >= 0.3 is 0 Å². The molecule has 0 aliphatic heterocycles. The molecule has 1 N–H and O–H groups in total. The minimum atomic E-state index is 0.00442. The highest BCUT2D eigenvalue weighted by Gasteiger charge is 2.21. The summed E-state index contributed by atoms with van der Waals surface area (Å²) >= 11 is 0. The van der Waals surface area contributed by atoms with Gasteiger partial charge in [0.2, 0.25) is 0 Å². The molecule has 2 aromatic heterocycles. The molecule has 0 aromatic carbocycles. The lowest BCUT2D eigenvalue weighted by Gasteiger charge is -2.24. The smallest absolute Gasteiger partial charge is 0.154 e. The second kappa shape index (κ2) is 4.81. The van der Waals surface area contributed by atoms with Crippen LogP contribution in [0, 0.1) is 0 Å². The highest BCUT2D eigenvalue weighted by molar-refractivity contribution is 5.69. The van der Waals surface area contributed by atoms with Crippen molar-refractivity contribution in [3.05, 3.63) is 24.2 Å². The number of likely N-dealkylation sites (N-methyl/N-ethyl adjacent to an activating group) is 1. The molecular weight excluding hydrogens is 240 g/mol. The Labute approximate surface area is 113 Å². The van der Waals surface area contributed by atoms with Gasteiger partial charge in [0.15, 0.2) is 5.82 Å². The van der Waals surface area contributed by atoms with Crippen LogP contribution in [-0.4, -0.2) is 39.4 Å². The molecule has 104 valence electrons. The highest BCUT2D eigenvalue weighted by Crippen LogP contribution is 2.26. The van der Waals surface area contributed by atoms with E-state index >= 15 is 0 Å². The number of aliphatic hydroxyl groups is 1. The zero-order valence-corrected chi connectivity index (χ0v) is 12.3. The van der Waals surface area contributed by atoms with Crippen molar-refractivity contribution in [2.75, 3.05) is 18.6 Å². The maximum absolute atomic E-state index is 9.28. The lowest BCUT2D eigenvalue weighted by atomic mass is 9.92. The summed E-state index contributed by atoms with van der Waals surface area (Å²) < 4.78 is 1.85. The van der Waals surface area contributed by atoms with Crippen LogP contribution in [0.4, 0.5) is 5.82 Å². The molecule has 2 rings (SSSR count). The number of nitrogens with zero attached hydrogens (tertiary/aromatic N) is 4. The van der Waals surface area contributed by atoms with Gasteiger partial charge in [0.25, 0.3) is 0 Å². The van der Waals surface area contributed by atoms with Crippen LogP contribution in [0.2, 0.25) is 0 Å². The number of fused-ring (bicyclic) bond motifs is 1. The molecule has 5 heteroatoms. The van der Waals surface area contributed by atoms with Crippen molar-refractivity contribution < 1.29 is 5.11 Å². The molecule has 0 aliphatic carbocycles. The first-order chi connectivity index (χ1) is 8.84. The zero-order valence-electron chi connectivity index (χ0n) is 12.3. The van der Waals surface area contributed by atoms with Crippen molar-refractivity contribution in [1.29, 1.82) is 0 Å². The molecule has 2 heterocycles. The van der Waals surface area contributed by atoms with Crippen molar-refractivity contribution in [1.82, 2.24) is 14.6 Å². The second-order valence-electron chi connectivity index (χ2n) is 6.00. The zero-order chi connectivity index (χ0) is 14.2. The van der Waals surface area contributed by atoms with Crippen LogP contribution >= 0.6 is 0 Å². The summed E-state index contributed by atoms with van der Waals surface area (Å²) in [5, 5.41) is 13.9. The molecule has 0 bridgehead atoms. The summed E-state index contributed by atoms with van der Waals surface area (Å²) in [4.78, 5) is 6.40. The molecule has 1 unspecified atom stereocenters. The monoisotopic (exact) mass is 262 g/mol. The third-order valence-corrected chi connectivity index (χ3v) is 3.40. The van der Waals surface area contributed by atoms with Gasteiger partial charge in [0.1, 0.15) is 5.52 Å². The molecule has 2 aromatic rings. The minimum absolute atomic E-state index is 0.00442. The van der Waals surface area contributed by atoms with Gasteiger partial charge in [-0.25, -0.2) is 9.50 Å². The van der Waals surface area contributed by atoms with Crippen molar-refractivity contribution in [2.24, 2.45) is 0 Å². The van der Waals surface area contributed by atoms with E-state index in [9.17, 15) is 5.11 Å². The van der Waals surface area contributed by atoms with Crippen LogP contribution < -0.4 is 4.90 Å². The van der Waals surface area contributed by atoms with Crippen molar-refractivity contribution >= 4 is 11.3 Å². The summed E-state index contributed by atoms with van der Waals surface area (Å²) in [6.45, 7) is 8.48. The predicted octanol–water partition coefficient (Wildman–Crippen LogP) is 1.84. The summed E-state index contributed by atoms with van der Waals surface area (Å²) in [5.74, 6) is 0.840. The number of hydrogen-bond acceptors (Lipinski definition) is 4. The Kier molecular flexibility index (Phi) is 3.49.